The molecule has 2 aromatic carbocycles. The van der Waals surface area contributed by atoms with Gasteiger partial charge in [0.15, 0.2) is 17.4 Å². The maximum atomic E-state index is 13.7. The van der Waals surface area contributed by atoms with Crippen LogP contribution in [0.4, 0.5) is 13.6 Å². The first-order chi connectivity index (χ1) is 14.8. The van der Waals surface area contributed by atoms with E-state index < -0.39 is 35.7 Å². The third-order valence-electron chi connectivity index (χ3n) is 6.38. The topological polar surface area (TPSA) is 66.5 Å². The number of halogens is 2. The van der Waals surface area contributed by atoms with Crippen molar-refractivity contribution >= 4 is 17.7 Å². The molecule has 162 valence electrons. The summed E-state index contributed by atoms with van der Waals surface area (Å²) >= 11 is 0. The van der Waals surface area contributed by atoms with E-state index in [1.807, 2.05) is 12.1 Å². The van der Waals surface area contributed by atoms with E-state index in [1.54, 1.807) is 12.1 Å². The number of nitrogens with zero attached hydrogens (tertiary/aromatic N) is 1. The van der Waals surface area contributed by atoms with Gasteiger partial charge in [-0.2, -0.15) is 0 Å². The van der Waals surface area contributed by atoms with Gasteiger partial charge in [0.2, 0.25) is 0 Å². The Hall–Kier alpha value is -3.09. The summed E-state index contributed by atoms with van der Waals surface area (Å²) in [4.78, 5) is 38.9. The number of ketones is 1. The number of urea groups is 1. The van der Waals surface area contributed by atoms with Crippen LogP contribution in [0.3, 0.4) is 0 Å². The number of hydrogen-bond donors (Lipinski definition) is 1. The van der Waals surface area contributed by atoms with Crippen LogP contribution in [-0.2, 0) is 10.3 Å². The molecule has 2 aliphatic rings. The fraction of sp³-hybridized carbons (Fsp3) is 0.375. The Labute approximate surface area is 179 Å². The second-order valence-corrected chi connectivity index (χ2v) is 8.46. The molecule has 0 radical (unpaired) electrons. The minimum absolute atomic E-state index is 0.108. The average Bonchev–Trinajstić information content (AvgIpc) is 3.00. The standard InChI is InChI=1S/C24H24F2N2O3/c1-24(18-11-12-19(25)20(26)13-18)22(30)28(23(31)27-24)14-21(29)17-9-7-16(8-10-17)15-5-3-2-4-6-15/h7-13,15H,2-6,14H2,1H3,(H,27,31). The Bertz CT molecular complexity index is 1030. The number of hydrogen-bond acceptors (Lipinski definition) is 3. The van der Waals surface area contributed by atoms with Crippen molar-refractivity contribution in [3.05, 3.63) is 70.8 Å². The zero-order valence-electron chi connectivity index (χ0n) is 17.3. The van der Waals surface area contributed by atoms with Crippen molar-refractivity contribution in [2.75, 3.05) is 6.54 Å². The first-order valence-corrected chi connectivity index (χ1v) is 10.5. The number of Topliss-reactive ketones (excluding diaryl/α,β-unsaturated/α-hetero) is 1. The summed E-state index contributed by atoms with van der Waals surface area (Å²) in [5, 5.41) is 2.50. The van der Waals surface area contributed by atoms with Gasteiger partial charge in [-0.3, -0.25) is 14.5 Å². The van der Waals surface area contributed by atoms with Crippen molar-refractivity contribution in [1.29, 1.82) is 0 Å². The summed E-state index contributed by atoms with van der Waals surface area (Å²) in [5.41, 5.74) is 0.159. The quantitative estimate of drug-likeness (QED) is 0.559. The molecule has 5 nitrogen and oxygen atoms in total. The van der Waals surface area contributed by atoms with Crippen molar-refractivity contribution < 1.29 is 23.2 Å². The van der Waals surface area contributed by atoms with Crippen LogP contribution in [-0.4, -0.2) is 29.2 Å². The van der Waals surface area contributed by atoms with E-state index in [0.717, 1.165) is 29.9 Å². The number of carbonyl (C=O) groups is 3. The zero-order chi connectivity index (χ0) is 22.2. The Morgan fingerprint density at radius 1 is 1.03 bits per heavy atom. The molecule has 1 atom stereocenters. The number of nitrogens with one attached hydrogen (secondary N) is 1. The van der Waals surface area contributed by atoms with E-state index in [2.05, 4.69) is 5.32 Å². The van der Waals surface area contributed by atoms with Gasteiger partial charge < -0.3 is 5.32 Å². The molecule has 0 bridgehead atoms. The number of rotatable bonds is 5. The van der Waals surface area contributed by atoms with E-state index >= 15 is 0 Å². The van der Waals surface area contributed by atoms with Gasteiger partial charge in [-0.25, -0.2) is 13.6 Å². The van der Waals surface area contributed by atoms with Crippen LogP contribution in [0.15, 0.2) is 42.5 Å². The lowest BCUT2D eigenvalue weighted by atomic mass is 9.84. The summed E-state index contributed by atoms with van der Waals surface area (Å²) in [6.07, 6.45) is 6.00. The number of benzene rings is 2. The smallest absolute Gasteiger partial charge is 0.319 e. The number of carbonyl (C=O) groups excluding carboxylic acids is 3. The fourth-order valence-electron chi connectivity index (χ4n) is 4.46. The molecule has 1 N–H and O–H groups in total. The molecule has 1 unspecified atom stereocenters. The molecule has 1 heterocycles. The van der Waals surface area contributed by atoms with Gasteiger partial charge in [0, 0.05) is 5.56 Å². The Kier molecular flexibility index (Phi) is 5.60. The first-order valence-electron chi connectivity index (χ1n) is 10.5. The van der Waals surface area contributed by atoms with Gasteiger partial charge in [0.25, 0.3) is 5.91 Å². The van der Waals surface area contributed by atoms with Crippen molar-refractivity contribution in [1.82, 2.24) is 10.2 Å². The Morgan fingerprint density at radius 3 is 2.35 bits per heavy atom. The van der Waals surface area contributed by atoms with Gasteiger partial charge in [0.1, 0.15) is 5.54 Å². The predicted molar refractivity (Wildman–Crippen MR) is 111 cm³/mol. The summed E-state index contributed by atoms with van der Waals surface area (Å²) in [7, 11) is 0. The third-order valence-corrected chi connectivity index (χ3v) is 6.38. The lowest BCUT2D eigenvalue weighted by Gasteiger charge is -2.22. The van der Waals surface area contributed by atoms with E-state index in [4.69, 9.17) is 0 Å². The molecule has 2 aromatic rings. The van der Waals surface area contributed by atoms with Crippen LogP contribution in [0.25, 0.3) is 0 Å². The lowest BCUT2D eigenvalue weighted by molar-refractivity contribution is -0.130. The van der Waals surface area contributed by atoms with Crippen LogP contribution < -0.4 is 5.32 Å². The molecule has 1 aliphatic carbocycles. The van der Waals surface area contributed by atoms with Crippen molar-refractivity contribution in [3.63, 3.8) is 0 Å². The van der Waals surface area contributed by atoms with Crippen LogP contribution in [0.5, 0.6) is 0 Å². The predicted octanol–water partition coefficient (Wildman–Crippen LogP) is 4.66. The first kappa shape index (κ1) is 21.2. The highest BCUT2D eigenvalue weighted by Crippen LogP contribution is 2.33. The van der Waals surface area contributed by atoms with E-state index in [-0.39, 0.29) is 11.3 Å². The molecule has 1 saturated carbocycles. The summed E-state index contributed by atoms with van der Waals surface area (Å²) in [6.45, 7) is 0.982. The highest BCUT2D eigenvalue weighted by molar-refractivity contribution is 6.11. The minimum Gasteiger partial charge on any atom is -0.319 e. The molecule has 7 heteroatoms. The van der Waals surface area contributed by atoms with Crippen LogP contribution in [0.1, 0.15) is 66.4 Å². The Balaban J connectivity index is 1.48. The van der Waals surface area contributed by atoms with E-state index in [0.29, 0.717) is 11.5 Å². The van der Waals surface area contributed by atoms with Gasteiger partial charge in [-0.05, 0) is 48.9 Å². The van der Waals surface area contributed by atoms with Gasteiger partial charge >= 0.3 is 6.03 Å². The van der Waals surface area contributed by atoms with Crippen LogP contribution >= 0.6 is 0 Å². The molecule has 3 amide bonds. The summed E-state index contributed by atoms with van der Waals surface area (Å²) < 4.78 is 26.9. The van der Waals surface area contributed by atoms with E-state index in [1.165, 1.54) is 37.8 Å². The highest BCUT2D eigenvalue weighted by Gasteiger charge is 2.49. The molecule has 1 saturated heterocycles. The highest BCUT2D eigenvalue weighted by atomic mass is 19.2. The summed E-state index contributed by atoms with van der Waals surface area (Å²) in [6, 6.07) is 9.63. The third kappa shape index (κ3) is 3.96. The van der Waals surface area contributed by atoms with Gasteiger partial charge in [0.05, 0.1) is 6.54 Å². The zero-order valence-corrected chi connectivity index (χ0v) is 17.3. The SMILES string of the molecule is CC1(c2ccc(F)c(F)c2)NC(=O)N(CC(=O)c2ccc(C3CCCCC3)cc2)C1=O. The van der Waals surface area contributed by atoms with Gasteiger partial charge in [-0.1, -0.05) is 49.6 Å². The fourth-order valence-corrected chi connectivity index (χ4v) is 4.46. The monoisotopic (exact) mass is 426 g/mol. The van der Waals surface area contributed by atoms with Crippen molar-refractivity contribution in [2.45, 2.75) is 50.5 Å². The number of amides is 3. The second-order valence-electron chi connectivity index (χ2n) is 8.46. The largest absolute Gasteiger partial charge is 0.325 e. The van der Waals surface area contributed by atoms with Gasteiger partial charge in [-0.15, -0.1) is 0 Å². The molecule has 2 fully saturated rings. The number of imide groups is 1. The second kappa shape index (κ2) is 8.21. The lowest BCUT2D eigenvalue weighted by Crippen LogP contribution is -2.41. The molecular formula is C24H24F2N2O3. The molecule has 4 rings (SSSR count). The molecule has 1 aliphatic heterocycles. The maximum Gasteiger partial charge on any atom is 0.325 e. The molecule has 31 heavy (non-hydrogen) atoms. The molecule has 0 spiro atoms. The van der Waals surface area contributed by atoms with Crippen molar-refractivity contribution in [2.24, 2.45) is 0 Å². The van der Waals surface area contributed by atoms with Crippen LogP contribution in [0.2, 0.25) is 0 Å². The molecule has 0 aromatic heterocycles. The normalized spacial score (nSPS) is 22.0. The average molecular weight is 426 g/mol. The Morgan fingerprint density at radius 2 is 1.71 bits per heavy atom. The van der Waals surface area contributed by atoms with E-state index in [9.17, 15) is 23.2 Å². The summed E-state index contributed by atoms with van der Waals surface area (Å²) in [5.74, 6) is -2.70. The molecular weight excluding hydrogens is 402 g/mol. The maximum absolute atomic E-state index is 13.7. The van der Waals surface area contributed by atoms with Crippen molar-refractivity contribution in [3.8, 4) is 0 Å². The minimum atomic E-state index is -1.57. The van der Waals surface area contributed by atoms with Crippen LogP contribution in [0, 0.1) is 11.6 Å².